The molecule has 5 amide bonds. The van der Waals surface area contributed by atoms with Gasteiger partial charge in [0.15, 0.2) is 0 Å². The number of para-hydroxylation sites is 1. The average Bonchev–Trinajstić information content (AvgIpc) is 2.94. The van der Waals surface area contributed by atoms with E-state index in [9.17, 15) is 37.5 Å². The number of carboxylic acid groups (broad SMARTS) is 1. The first kappa shape index (κ1) is 30.5. The molecule has 4 N–H and O–H groups in total. The number of hydrogen-bond donors (Lipinski definition) is 4. The van der Waals surface area contributed by atoms with Crippen LogP contribution in [-0.2, 0) is 35.7 Å². The summed E-state index contributed by atoms with van der Waals surface area (Å²) in [5.74, 6) is -4.43. The molecule has 2 atom stereocenters. The second-order valence-electron chi connectivity index (χ2n) is 9.34. The van der Waals surface area contributed by atoms with Gasteiger partial charge in [-0.15, -0.1) is 11.8 Å². The second kappa shape index (κ2) is 12.6. The lowest BCUT2D eigenvalue weighted by Crippen LogP contribution is -2.70. The quantitative estimate of drug-likeness (QED) is 0.183. The molecule has 0 spiro atoms. The van der Waals surface area contributed by atoms with Crippen molar-refractivity contribution in [3.8, 4) is 0 Å². The van der Waals surface area contributed by atoms with Crippen molar-refractivity contribution in [2.45, 2.75) is 17.8 Å². The summed E-state index contributed by atoms with van der Waals surface area (Å²) < 4.78 is 31.7. The Morgan fingerprint density at radius 3 is 2.43 bits per heavy atom. The number of nitrogens with zero attached hydrogens (tertiary/aromatic N) is 2. The molecule has 1 unspecified atom stereocenters. The van der Waals surface area contributed by atoms with E-state index in [0.29, 0.717) is 5.56 Å². The molecule has 4 rings (SSSR count). The number of anilines is 1. The highest BCUT2D eigenvalue weighted by Gasteiger charge is 2.54. The molecule has 15 heteroatoms. The smallest absolute Gasteiger partial charge is 0.352 e. The van der Waals surface area contributed by atoms with Gasteiger partial charge in [0.2, 0.25) is 5.91 Å². The number of thioether (sulfide) groups is 1. The second-order valence-corrected chi connectivity index (χ2v) is 11.9. The predicted molar refractivity (Wildman–Crippen MR) is 154 cm³/mol. The van der Waals surface area contributed by atoms with Crippen molar-refractivity contribution in [1.29, 1.82) is 0 Å². The van der Waals surface area contributed by atoms with Crippen molar-refractivity contribution in [3.63, 3.8) is 0 Å². The Morgan fingerprint density at radius 1 is 1.10 bits per heavy atom. The molecular formula is C27H26N4O9S2. The van der Waals surface area contributed by atoms with E-state index in [1.807, 2.05) is 18.2 Å². The number of β-lactam (4-membered cyclic amide) rings is 1. The van der Waals surface area contributed by atoms with Crippen LogP contribution >= 0.6 is 11.8 Å². The van der Waals surface area contributed by atoms with Crippen LogP contribution in [0.4, 0.5) is 10.5 Å². The van der Waals surface area contributed by atoms with Gasteiger partial charge in [0.1, 0.15) is 17.1 Å². The summed E-state index contributed by atoms with van der Waals surface area (Å²) >= 11 is 1.06. The van der Waals surface area contributed by atoms with Crippen LogP contribution < -0.4 is 10.6 Å². The fourth-order valence-electron chi connectivity index (χ4n) is 4.35. The molecule has 0 bridgehead atoms. The van der Waals surface area contributed by atoms with Gasteiger partial charge in [-0.25, -0.2) is 9.59 Å². The van der Waals surface area contributed by atoms with Gasteiger partial charge in [0.25, 0.3) is 21.9 Å². The largest absolute Gasteiger partial charge is 0.477 e. The minimum absolute atomic E-state index is 0.0795. The summed E-state index contributed by atoms with van der Waals surface area (Å²) in [4.78, 5) is 64.4. The van der Waals surface area contributed by atoms with Crippen LogP contribution in [0.3, 0.4) is 0 Å². The van der Waals surface area contributed by atoms with Gasteiger partial charge in [0.05, 0.1) is 12.2 Å². The molecule has 2 heterocycles. The molecular weight excluding hydrogens is 588 g/mol. The summed E-state index contributed by atoms with van der Waals surface area (Å²) in [7, 11) is -3.22. The Kier molecular flexibility index (Phi) is 9.14. The van der Waals surface area contributed by atoms with E-state index >= 15 is 0 Å². The van der Waals surface area contributed by atoms with E-state index in [0.717, 1.165) is 27.1 Å². The maximum Gasteiger partial charge on any atom is 0.352 e. The molecule has 0 aliphatic carbocycles. The minimum atomic E-state index is -4.53. The number of amides is 5. The Hall–Kier alpha value is -4.47. The Labute approximate surface area is 245 Å². The number of hydrogen-bond acceptors (Lipinski definition) is 8. The highest BCUT2D eigenvalue weighted by Crippen LogP contribution is 2.40. The highest BCUT2D eigenvalue weighted by molar-refractivity contribution is 8.00. The van der Waals surface area contributed by atoms with Crippen molar-refractivity contribution in [2.24, 2.45) is 0 Å². The SMILES string of the molecule is CN(C(=O)/C=C/c1ccccc1)C(=O)Nc1ccccc1CC(=O)NC1C(=O)N2C(C(=O)O)=C(CS(=O)(=O)O)CS[C@H]12. The molecule has 42 heavy (non-hydrogen) atoms. The lowest BCUT2D eigenvalue weighted by molar-refractivity contribution is -0.150. The number of urea groups is 1. The molecule has 2 aromatic rings. The third-order valence-corrected chi connectivity index (χ3v) is 8.44. The Bertz CT molecular complexity index is 1610. The number of carbonyl (C=O) groups excluding carboxylic acids is 4. The number of fused-ring (bicyclic) bond motifs is 1. The molecule has 0 aromatic heterocycles. The van der Waals surface area contributed by atoms with Gasteiger partial charge in [-0.1, -0.05) is 48.5 Å². The Morgan fingerprint density at radius 2 is 1.76 bits per heavy atom. The van der Waals surface area contributed by atoms with Crippen LogP contribution in [0.2, 0.25) is 0 Å². The standard InChI is InChI=1S/C27H26N4O9S2/c1-30(21(33)12-11-16-7-3-2-4-8-16)27(37)28-19-10-6-5-9-17(19)13-20(32)29-22-24(34)31-23(26(35)36)18(14-41-25(22)31)15-42(38,39)40/h2-12,22,25H,13-15H2,1H3,(H,28,37)(H,29,32)(H,35,36)(H,38,39,40)/b12-11+/t22?,25-/m1/s1. The molecule has 220 valence electrons. The molecule has 0 saturated carbocycles. The predicted octanol–water partition coefficient (Wildman–Crippen LogP) is 1.56. The molecule has 2 aliphatic rings. The van der Waals surface area contributed by atoms with E-state index in [-0.39, 0.29) is 23.4 Å². The molecule has 1 saturated heterocycles. The van der Waals surface area contributed by atoms with E-state index < -0.39 is 62.7 Å². The topological polar surface area (TPSA) is 190 Å². The van der Waals surface area contributed by atoms with Crippen LogP contribution in [0.25, 0.3) is 6.08 Å². The number of likely N-dealkylation sites (N-methyl/N-ethyl adjacent to an activating group) is 1. The fourth-order valence-corrected chi connectivity index (χ4v) is 6.51. The van der Waals surface area contributed by atoms with E-state index in [2.05, 4.69) is 10.6 Å². The summed E-state index contributed by atoms with van der Waals surface area (Å²) in [6.45, 7) is 0. The molecule has 1 fully saturated rings. The summed E-state index contributed by atoms with van der Waals surface area (Å²) in [6, 6.07) is 13.7. The van der Waals surface area contributed by atoms with Gasteiger partial charge in [0, 0.05) is 24.6 Å². The van der Waals surface area contributed by atoms with Gasteiger partial charge >= 0.3 is 12.0 Å². The van der Waals surface area contributed by atoms with E-state index in [4.69, 9.17) is 4.55 Å². The first-order valence-electron chi connectivity index (χ1n) is 12.4. The van der Waals surface area contributed by atoms with E-state index in [1.165, 1.54) is 13.1 Å². The summed E-state index contributed by atoms with van der Waals surface area (Å²) in [5.41, 5.74) is 0.782. The number of imide groups is 1. The zero-order valence-corrected chi connectivity index (χ0v) is 23.7. The monoisotopic (exact) mass is 614 g/mol. The maximum absolute atomic E-state index is 12.9. The zero-order valence-electron chi connectivity index (χ0n) is 22.1. The maximum atomic E-state index is 12.9. The normalized spacial score (nSPS) is 18.2. The van der Waals surface area contributed by atoms with Crippen LogP contribution in [-0.4, -0.2) is 87.6 Å². The number of nitrogens with one attached hydrogen (secondary N) is 2. The first-order valence-corrected chi connectivity index (χ1v) is 15.1. The van der Waals surface area contributed by atoms with Gasteiger partial charge in [-0.2, -0.15) is 8.42 Å². The number of benzene rings is 2. The van der Waals surface area contributed by atoms with Crippen molar-refractivity contribution >= 4 is 63.4 Å². The lowest BCUT2D eigenvalue weighted by atomic mass is 10.0. The van der Waals surface area contributed by atoms with Crippen LogP contribution in [0.1, 0.15) is 11.1 Å². The number of rotatable bonds is 9. The molecule has 2 aliphatic heterocycles. The third kappa shape index (κ3) is 7.05. The fraction of sp³-hybridized carbons (Fsp3) is 0.222. The summed E-state index contributed by atoms with van der Waals surface area (Å²) in [5, 5.41) is 14.0. The Balaban J connectivity index is 1.39. The number of carbonyl (C=O) groups is 5. The van der Waals surface area contributed by atoms with Crippen molar-refractivity contribution in [2.75, 3.05) is 23.9 Å². The zero-order chi connectivity index (χ0) is 30.6. The van der Waals surface area contributed by atoms with Crippen LogP contribution in [0, 0.1) is 0 Å². The molecule has 0 radical (unpaired) electrons. The molecule has 13 nitrogen and oxygen atoms in total. The van der Waals surface area contributed by atoms with Crippen molar-refractivity contribution < 1.29 is 42.0 Å². The first-order chi connectivity index (χ1) is 19.9. The van der Waals surface area contributed by atoms with Crippen molar-refractivity contribution in [1.82, 2.24) is 15.1 Å². The van der Waals surface area contributed by atoms with Crippen LogP contribution in [0.15, 0.2) is 71.9 Å². The highest BCUT2D eigenvalue weighted by atomic mass is 32.2. The molecule has 2 aromatic carbocycles. The van der Waals surface area contributed by atoms with Gasteiger partial charge in [-0.3, -0.25) is 28.7 Å². The summed E-state index contributed by atoms with van der Waals surface area (Å²) in [6.07, 6.45) is 2.58. The van der Waals surface area contributed by atoms with Crippen LogP contribution in [0.5, 0.6) is 0 Å². The van der Waals surface area contributed by atoms with Gasteiger partial charge in [-0.05, 0) is 28.8 Å². The number of carboxylic acids is 1. The number of aliphatic carboxylic acids is 1. The van der Waals surface area contributed by atoms with Gasteiger partial charge < -0.3 is 15.7 Å². The van der Waals surface area contributed by atoms with E-state index in [1.54, 1.807) is 42.5 Å². The third-order valence-electron chi connectivity index (χ3n) is 6.39. The lowest BCUT2D eigenvalue weighted by Gasteiger charge is -2.49. The van der Waals surface area contributed by atoms with Crippen molar-refractivity contribution in [3.05, 3.63) is 83.1 Å². The minimum Gasteiger partial charge on any atom is -0.477 e. The average molecular weight is 615 g/mol.